The van der Waals surface area contributed by atoms with Gasteiger partial charge in [-0.2, -0.15) is 0 Å². The van der Waals surface area contributed by atoms with E-state index in [1.807, 2.05) is 20.8 Å². The number of rotatable bonds is 3. The van der Waals surface area contributed by atoms with E-state index in [-0.39, 0.29) is 17.4 Å². The maximum absolute atomic E-state index is 11.8. The molecule has 122 valence electrons. The molecule has 0 radical (unpaired) electrons. The molecule has 7 heteroatoms. The molecule has 0 aliphatic heterocycles. The van der Waals surface area contributed by atoms with Crippen LogP contribution in [0.25, 0.3) is 0 Å². The van der Waals surface area contributed by atoms with Crippen LogP contribution < -0.4 is 10.6 Å². The minimum absolute atomic E-state index is 0.168. The van der Waals surface area contributed by atoms with E-state index in [4.69, 9.17) is 16.3 Å². The molecular formula is C15H23ClN4O2. The number of ether oxygens (including phenoxy) is 1. The predicted octanol–water partition coefficient (Wildman–Crippen LogP) is 3.38. The fraction of sp³-hybridized carbons (Fsp3) is 0.667. The standard InChI is InChI=1S/C15H23ClN4O2/c1-15(2,3)22-14(21)19-11-6-4-10(5-7-11)18-12-8-9-17-13(16)20-12/h8-11H,4-7H2,1-3H3,(H,19,21)(H,17,18,20). The number of hydrogen-bond acceptors (Lipinski definition) is 5. The number of anilines is 1. The predicted molar refractivity (Wildman–Crippen MR) is 86.1 cm³/mol. The molecule has 1 saturated carbocycles. The number of carbonyl (C=O) groups is 1. The van der Waals surface area contributed by atoms with Gasteiger partial charge in [-0.1, -0.05) is 0 Å². The Kier molecular flexibility index (Phi) is 5.45. The van der Waals surface area contributed by atoms with Crippen LogP contribution in [0.2, 0.25) is 5.28 Å². The van der Waals surface area contributed by atoms with Gasteiger partial charge in [-0.3, -0.25) is 0 Å². The molecule has 0 aromatic carbocycles. The van der Waals surface area contributed by atoms with Gasteiger partial charge in [0.2, 0.25) is 5.28 Å². The summed E-state index contributed by atoms with van der Waals surface area (Å²) < 4.78 is 5.28. The molecule has 0 atom stereocenters. The summed E-state index contributed by atoms with van der Waals surface area (Å²) in [5, 5.41) is 6.53. The minimum atomic E-state index is -0.463. The summed E-state index contributed by atoms with van der Waals surface area (Å²) in [4.78, 5) is 19.7. The highest BCUT2D eigenvalue weighted by Crippen LogP contribution is 2.22. The smallest absolute Gasteiger partial charge is 0.407 e. The van der Waals surface area contributed by atoms with Crippen molar-refractivity contribution in [1.29, 1.82) is 0 Å². The summed E-state index contributed by atoms with van der Waals surface area (Å²) in [7, 11) is 0. The van der Waals surface area contributed by atoms with Crippen molar-refractivity contribution in [3.63, 3.8) is 0 Å². The van der Waals surface area contributed by atoms with Gasteiger partial charge in [0.05, 0.1) is 0 Å². The third kappa shape index (κ3) is 5.67. The highest BCUT2D eigenvalue weighted by Gasteiger charge is 2.24. The second kappa shape index (κ2) is 7.13. The lowest BCUT2D eigenvalue weighted by atomic mass is 9.91. The molecule has 2 rings (SSSR count). The molecule has 0 spiro atoms. The van der Waals surface area contributed by atoms with Crippen LogP contribution in [0.1, 0.15) is 46.5 Å². The van der Waals surface area contributed by atoms with Crippen LogP contribution in [-0.4, -0.2) is 33.7 Å². The fourth-order valence-electron chi connectivity index (χ4n) is 2.48. The average molecular weight is 327 g/mol. The van der Waals surface area contributed by atoms with E-state index in [1.165, 1.54) is 0 Å². The molecular weight excluding hydrogens is 304 g/mol. The van der Waals surface area contributed by atoms with Crippen LogP contribution in [0.15, 0.2) is 12.3 Å². The Morgan fingerprint density at radius 3 is 2.50 bits per heavy atom. The molecule has 1 fully saturated rings. The highest BCUT2D eigenvalue weighted by atomic mass is 35.5. The van der Waals surface area contributed by atoms with Crippen molar-refractivity contribution in [2.75, 3.05) is 5.32 Å². The molecule has 1 amide bonds. The Labute approximate surface area is 136 Å². The van der Waals surface area contributed by atoms with Crippen molar-refractivity contribution in [2.24, 2.45) is 0 Å². The number of nitrogens with zero attached hydrogens (tertiary/aromatic N) is 2. The third-order valence-electron chi connectivity index (χ3n) is 3.43. The van der Waals surface area contributed by atoms with E-state index in [2.05, 4.69) is 20.6 Å². The van der Waals surface area contributed by atoms with Crippen molar-refractivity contribution in [3.05, 3.63) is 17.5 Å². The van der Waals surface area contributed by atoms with E-state index in [9.17, 15) is 4.79 Å². The first-order valence-corrected chi connectivity index (χ1v) is 7.94. The van der Waals surface area contributed by atoms with Crippen molar-refractivity contribution in [3.8, 4) is 0 Å². The third-order valence-corrected chi connectivity index (χ3v) is 3.61. The van der Waals surface area contributed by atoms with Crippen LogP contribution in [0.4, 0.5) is 10.6 Å². The minimum Gasteiger partial charge on any atom is -0.444 e. The molecule has 22 heavy (non-hydrogen) atoms. The molecule has 1 aliphatic rings. The molecule has 0 unspecified atom stereocenters. The van der Waals surface area contributed by atoms with Crippen LogP contribution in [0.5, 0.6) is 0 Å². The quantitative estimate of drug-likeness (QED) is 0.833. The molecule has 6 nitrogen and oxygen atoms in total. The van der Waals surface area contributed by atoms with E-state index in [0.717, 1.165) is 31.5 Å². The zero-order valence-electron chi connectivity index (χ0n) is 13.2. The molecule has 1 heterocycles. The molecule has 0 saturated heterocycles. The van der Waals surface area contributed by atoms with Gasteiger partial charge >= 0.3 is 6.09 Å². The van der Waals surface area contributed by atoms with Crippen molar-refractivity contribution in [2.45, 2.75) is 64.1 Å². The maximum Gasteiger partial charge on any atom is 0.407 e. The van der Waals surface area contributed by atoms with Gasteiger partial charge in [-0.15, -0.1) is 0 Å². The van der Waals surface area contributed by atoms with Crippen LogP contribution in [0, 0.1) is 0 Å². The number of hydrogen-bond donors (Lipinski definition) is 2. The summed E-state index contributed by atoms with van der Waals surface area (Å²) in [6, 6.07) is 2.31. The summed E-state index contributed by atoms with van der Waals surface area (Å²) in [6.45, 7) is 5.58. The van der Waals surface area contributed by atoms with Crippen molar-refractivity contribution < 1.29 is 9.53 Å². The molecule has 2 N–H and O–H groups in total. The van der Waals surface area contributed by atoms with E-state index in [1.54, 1.807) is 12.3 Å². The summed E-state index contributed by atoms with van der Waals surface area (Å²) >= 11 is 5.77. The van der Waals surface area contributed by atoms with Gasteiger partial charge < -0.3 is 15.4 Å². The molecule has 1 aromatic rings. The SMILES string of the molecule is CC(C)(C)OC(=O)NC1CCC(Nc2ccnc(Cl)n2)CC1. The summed E-state index contributed by atoms with van der Waals surface area (Å²) in [5.74, 6) is 0.739. The first-order chi connectivity index (χ1) is 10.3. The van der Waals surface area contributed by atoms with Crippen molar-refractivity contribution >= 4 is 23.5 Å². The number of alkyl carbamates (subject to hydrolysis) is 1. The maximum atomic E-state index is 11.8. The molecule has 1 aliphatic carbocycles. The fourth-order valence-corrected chi connectivity index (χ4v) is 2.63. The number of halogens is 1. The van der Waals surface area contributed by atoms with Gasteiger partial charge in [0, 0.05) is 18.3 Å². The van der Waals surface area contributed by atoms with Crippen LogP contribution >= 0.6 is 11.6 Å². The largest absolute Gasteiger partial charge is 0.444 e. The second-order valence-corrected chi connectivity index (χ2v) is 6.89. The highest BCUT2D eigenvalue weighted by molar-refractivity contribution is 6.28. The number of amides is 1. The number of nitrogens with one attached hydrogen (secondary N) is 2. The Hall–Kier alpha value is -1.56. The van der Waals surface area contributed by atoms with Gasteiger partial charge in [-0.25, -0.2) is 14.8 Å². The molecule has 0 bridgehead atoms. The van der Waals surface area contributed by atoms with E-state index < -0.39 is 5.60 Å². The first kappa shape index (κ1) is 16.8. The topological polar surface area (TPSA) is 76.1 Å². The van der Waals surface area contributed by atoms with E-state index in [0.29, 0.717) is 6.04 Å². The Morgan fingerprint density at radius 2 is 1.91 bits per heavy atom. The Balaban J connectivity index is 1.75. The monoisotopic (exact) mass is 326 g/mol. The lowest BCUT2D eigenvalue weighted by molar-refractivity contribution is 0.0492. The zero-order valence-corrected chi connectivity index (χ0v) is 14.0. The lowest BCUT2D eigenvalue weighted by Crippen LogP contribution is -2.42. The Morgan fingerprint density at radius 1 is 1.27 bits per heavy atom. The normalized spacial score (nSPS) is 22.0. The van der Waals surface area contributed by atoms with Gasteiger partial charge in [0.25, 0.3) is 0 Å². The van der Waals surface area contributed by atoms with Gasteiger partial charge in [0.1, 0.15) is 11.4 Å². The Bertz CT molecular complexity index is 511. The van der Waals surface area contributed by atoms with E-state index >= 15 is 0 Å². The summed E-state index contributed by atoms with van der Waals surface area (Å²) in [6.07, 6.45) is 5.04. The first-order valence-electron chi connectivity index (χ1n) is 7.56. The average Bonchev–Trinajstić information content (AvgIpc) is 2.39. The van der Waals surface area contributed by atoms with Crippen molar-refractivity contribution in [1.82, 2.24) is 15.3 Å². The second-order valence-electron chi connectivity index (χ2n) is 6.55. The summed E-state index contributed by atoms with van der Waals surface area (Å²) in [5.41, 5.74) is -0.463. The van der Waals surface area contributed by atoms with Crippen LogP contribution in [-0.2, 0) is 4.74 Å². The number of carbonyl (C=O) groups excluding carboxylic acids is 1. The number of aromatic nitrogens is 2. The van der Waals surface area contributed by atoms with Gasteiger partial charge in [-0.05, 0) is 64.1 Å². The molecule has 1 aromatic heterocycles. The zero-order chi connectivity index (χ0) is 16.2. The lowest BCUT2D eigenvalue weighted by Gasteiger charge is -2.30. The van der Waals surface area contributed by atoms with Crippen LogP contribution in [0.3, 0.4) is 0 Å². The van der Waals surface area contributed by atoms with Gasteiger partial charge in [0.15, 0.2) is 0 Å².